The van der Waals surface area contributed by atoms with E-state index in [1.165, 1.54) is 19.5 Å². The van der Waals surface area contributed by atoms with Crippen molar-refractivity contribution in [2.75, 3.05) is 25.5 Å². The second-order valence-electron chi connectivity index (χ2n) is 30.7. The number of hydrogen-bond acceptors (Lipinski definition) is 26. The molecule has 24 heterocycles. The highest BCUT2D eigenvalue weighted by Crippen LogP contribution is 2.42. The third-order valence-electron chi connectivity index (χ3n) is 21.8. The minimum absolute atomic E-state index is 0.637. The van der Waals surface area contributed by atoms with Gasteiger partial charge < -0.3 is 30.2 Å². The number of aryl methyl sites for hydroxylation is 5. The highest BCUT2D eigenvalue weighted by atomic mass is 32.1. The summed E-state index contributed by atoms with van der Waals surface area (Å²) in [5.74, 6) is 2.83. The van der Waals surface area contributed by atoms with Crippen LogP contribution in [-0.2, 0) is 6.54 Å². The van der Waals surface area contributed by atoms with E-state index in [-0.39, 0.29) is 0 Å². The molecule has 0 saturated carbocycles. The first kappa shape index (κ1) is 79.3. The van der Waals surface area contributed by atoms with Crippen molar-refractivity contribution in [1.82, 2.24) is 146 Å². The van der Waals surface area contributed by atoms with Crippen molar-refractivity contribution in [2.45, 2.75) is 48.1 Å². The molecule has 0 aliphatic heterocycles. The van der Waals surface area contributed by atoms with E-state index in [2.05, 4.69) is 252 Å². The molecule has 128 heavy (non-hydrogen) atoms. The molecule has 30 nitrogen and oxygen atoms in total. The van der Waals surface area contributed by atoms with Crippen molar-refractivity contribution in [2.24, 2.45) is 0 Å². The Balaban J connectivity index is 0.000000104. The van der Waals surface area contributed by atoms with Crippen LogP contribution in [0.25, 0.3) is 221 Å². The Hall–Kier alpha value is -15.9. The lowest BCUT2D eigenvalue weighted by molar-refractivity contribution is 0.724. The van der Waals surface area contributed by atoms with Gasteiger partial charge in [-0.15, -0.1) is 45.3 Å². The fourth-order valence-corrected chi connectivity index (χ4v) is 18.8. The molecule has 0 fully saturated rings. The van der Waals surface area contributed by atoms with Gasteiger partial charge in [0.1, 0.15) is 44.8 Å². The summed E-state index contributed by atoms with van der Waals surface area (Å²) in [6.07, 6.45) is 36.7. The minimum atomic E-state index is 0.637. The van der Waals surface area contributed by atoms with Gasteiger partial charge in [-0.1, -0.05) is 13.0 Å². The Labute approximate surface area is 743 Å². The van der Waals surface area contributed by atoms with E-state index >= 15 is 0 Å². The lowest BCUT2D eigenvalue weighted by Crippen LogP contribution is -2.11. The van der Waals surface area contributed by atoms with Gasteiger partial charge in [-0.05, 0) is 149 Å². The molecular formula is C94H74N30S4. The van der Waals surface area contributed by atoms with Gasteiger partial charge in [0.2, 0.25) is 0 Å². The van der Waals surface area contributed by atoms with Crippen molar-refractivity contribution in [3.8, 4) is 132 Å². The summed E-state index contributed by atoms with van der Waals surface area (Å²) in [6.45, 7) is 14.3. The molecule has 9 N–H and O–H groups in total. The summed E-state index contributed by atoms with van der Waals surface area (Å²) in [5.41, 5.74) is 28.2. The van der Waals surface area contributed by atoms with Crippen LogP contribution >= 0.6 is 45.3 Å². The molecule has 0 aliphatic rings. The topological polar surface area (TPSA) is 399 Å². The van der Waals surface area contributed by atoms with Gasteiger partial charge in [0.25, 0.3) is 0 Å². The van der Waals surface area contributed by atoms with Gasteiger partial charge in [-0.25, -0.2) is 39.9 Å². The van der Waals surface area contributed by atoms with Crippen LogP contribution in [0.15, 0.2) is 227 Å². The zero-order valence-corrected chi connectivity index (χ0v) is 73.1. The van der Waals surface area contributed by atoms with Crippen molar-refractivity contribution in [1.29, 1.82) is 0 Å². The number of aromatic nitrogens is 28. The van der Waals surface area contributed by atoms with E-state index in [9.17, 15) is 0 Å². The van der Waals surface area contributed by atoms with Gasteiger partial charge in [0.15, 0.2) is 45.9 Å². The Morgan fingerprint density at radius 2 is 0.664 bits per heavy atom. The molecule has 0 aromatic carbocycles. The van der Waals surface area contributed by atoms with E-state index in [4.69, 9.17) is 19.9 Å². The second-order valence-corrected chi connectivity index (χ2v) is 35.9. The molecule has 0 atom stereocenters. The lowest BCUT2D eigenvalue weighted by atomic mass is 10.0. The molecule has 0 saturated heterocycles. The Morgan fingerprint density at radius 3 is 1.03 bits per heavy atom. The average molecular weight is 1750 g/mol. The van der Waals surface area contributed by atoms with Crippen LogP contribution in [0.3, 0.4) is 0 Å². The molecule has 0 bridgehead atoms. The third-order valence-corrected chi connectivity index (χ3v) is 25.9. The minimum Gasteiger partial charge on any atom is -0.376 e. The van der Waals surface area contributed by atoms with Gasteiger partial charge in [0, 0.05) is 219 Å². The number of imidazole rings is 4. The van der Waals surface area contributed by atoms with Crippen LogP contribution in [0.5, 0.6) is 0 Å². The highest BCUT2D eigenvalue weighted by Gasteiger charge is 2.24. The number of aromatic amines is 8. The molecule has 624 valence electrons. The van der Waals surface area contributed by atoms with Crippen LogP contribution in [0.4, 0.5) is 5.69 Å². The number of fused-ring (bicyclic) bond motifs is 8. The second kappa shape index (κ2) is 33.6. The number of pyridine rings is 12. The maximum Gasteiger partial charge on any atom is 0.181 e. The maximum atomic E-state index is 4.93. The summed E-state index contributed by atoms with van der Waals surface area (Å²) in [7, 11) is 4.00. The molecule has 24 aromatic rings. The first-order valence-electron chi connectivity index (χ1n) is 40.8. The molecule has 0 aliphatic carbocycles. The van der Waals surface area contributed by atoms with Crippen LogP contribution < -0.4 is 10.2 Å². The van der Waals surface area contributed by atoms with Crippen LogP contribution in [-0.4, -0.2) is 161 Å². The molecule has 0 spiro atoms. The number of anilines is 1. The van der Waals surface area contributed by atoms with E-state index in [1.807, 2.05) is 124 Å². The fourth-order valence-electron chi connectivity index (χ4n) is 15.3. The molecule has 0 amide bonds. The Bertz CT molecular complexity index is 8250. The zero-order valence-electron chi connectivity index (χ0n) is 69.8. The van der Waals surface area contributed by atoms with Crippen molar-refractivity contribution < 1.29 is 0 Å². The predicted molar refractivity (Wildman–Crippen MR) is 509 cm³/mol. The number of nitrogens with one attached hydrogen (secondary N) is 9. The monoisotopic (exact) mass is 1750 g/mol. The molecule has 24 rings (SSSR count). The first-order chi connectivity index (χ1) is 62.7. The largest absolute Gasteiger partial charge is 0.376 e. The fraction of sp³-hybridized carbons (Fsp3) is 0.106. The van der Waals surface area contributed by atoms with Crippen LogP contribution in [0.2, 0.25) is 0 Å². The number of rotatable bonds is 16. The van der Waals surface area contributed by atoms with Crippen molar-refractivity contribution in [3.05, 3.63) is 258 Å². The number of H-pyrrole nitrogens is 8. The molecule has 34 heteroatoms. The number of thiophene rings is 4. The van der Waals surface area contributed by atoms with Crippen LogP contribution in [0.1, 0.15) is 37.6 Å². The Morgan fingerprint density at radius 1 is 0.320 bits per heavy atom. The number of hydrogen-bond donors (Lipinski definition) is 9. The lowest BCUT2D eigenvalue weighted by Gasteiger charge is -2.12. The van der Waals surface area contributed by atoms with Crippen LogP contribution in [0, 0.1) is 34.6 Å². The van der Waals surface area contributed by atoms with Gasteiger partial charge in [-0.2, -0.15) is 20.4 Å². The molecule has 24 aromatic heterocycles. The quantitative estimate of drug-likeness (QED) is 0.0434. The smallest absolute Gasteiger partial charge is 0.181 e. The first-order valence-corrected chi connectivity index (χ1v) is 44.1. The van der Waals surface area contributed by atoms with Gasteiger partial charge in [-0.3, -0.25) is 60.3 Å². The van der Waals surface area contributed by atoms with E-state index in [0.717, 1.165) is 205 Å². The van der Waals surface area contributed by atoms with E-state index in [1.54, 1.807) is 82.5 Å². The molecule has 0 unspecified atom stereocenters. The SMILES string of the molecule is CCNCc1cncc(-c2cnc3n[nH]c(-c4nc5c(-c6ccc(C)s6)cncc5[nH]4)c3c2)c1.Cc1ccc(-c2cncc3[nH]c(-c4[nH]nc5ncc(-c6cccnc6)cc45)nc23)s1.Cc1ccc(-c2cncc3[nH]c(-c4[nH]nc5ncc(-c6cncc(N(C)C)c6)cc45)nc23)s1.Cc1ccc(-c2cncc3[nH]c(-c4[nH]nc5ncc(-c6cnccc6C)cc45)nc23)s1. The zero-order chi connectivity index (χ0) is 86.6. The van der Waals surface area contributed by atoms with E-state index < -0.39 is 0 Å². The van der Waals surface area contributed by atoms with Gasteiger partial charge in [0.05, 0.1) is 80.3 Å². The Kier molecular flexibility index (Phi) is 20.8. The van der Waals surface area contributed by atoms with Crippen molar-refractivity contribution in [3.63, 3.8) is 0 Å². The number of nitrogens with zero attached hydrogens (tertiary/aromatic N) is 21. The molecule has 0 radical (unpaired) electrons. The maximum absolute atomic E-state index is 4.93. The summed E-state index contributed by atoms with van der Waals surface area (Å²) in [6, 6.07) is 35.4. The summed E-state index contributed by atoms with van der Waals surface area (Å²) < 4.78 is 0. The summed E-state index contributed by atoms with van der Waals surface area (Å²) >= 11 is 6.94. The summed E-state index contributed by atoms with van der Waals surface area (Å²) in [4.78, 5) is 98.0. The van der Waals surface area contributed by atoms with Gasteiger partial charge >= 0.3 is 0 Å². The average Bonchev–Trinajstić information content (AvgIpc) is 1.62. The normalized spacial score (nSPS) is 11.5. The molecular weight excluding hydrogens is 1680 g/mol. The summed E-state index contributed by atoms with van der Waals surface area (Å²) in [5, 5.41) is 36.9. The standard InChI is InChI=1S/C25H22N8S.C24H20N8S.C23H17N7S.C22H15N7S/c1-3-26-8-15-6-16(10-27-9-15)17-7-18-23(32-33-24(18)29-11-17)25-30-20-13-28-12-19(22(20)31-25)21-5-4-14(2)34-21;1-13-4-5-20(33-13)18-11-26-12-19-21(18)29-24(28-19)22-17-7-15(9-27-23(17)31-30-22)14-6-16(32(2)3)10-25-8-14;1-12-5-6-24-9-16(12)14-7-15-21(29-30-22(15)26-8-14)23-27-18-11-25-10-17(20(18)28-23)19-4-3-13(2)31-19;1-12-4-5-18(30-12)16-10-24-11-17-19(16)27-22(26-17)20-15-7-14(9-25-21(15)29-28-20)13-3-2-6-23-8-13/h4-7,9-13,26H,3,8H2,1-2H3,(H,30,31)(H,29,32,33);4-12H,1-3H3,(H,28,29)(H,27,30,31);3-11H,1-2H3,(H,27,28)(H,26,29,30);2-11H,1H3,(H,26,27)(H,25,28,29). The highest BCUT2D eigenvalue weighted by molar-refractivity contribution is 7.16. The van der Waals surface area contributed by atoms with Crippen molar-refractivity contribution >= 4 is 139 Å². The predicted octanol–water partition coefficient (Wildman–Crippen LogP) is 20.5. The third kappa shape index (κ3) is 15.5. The van der Waals surface area contributed by atoms with E-state index in [0.29, 0.717) is 45.9 Å².